The van der Waals surface area contributed by atoms with Gasteiger partial charge in [0.2, 0.25) is 0 Å². The minimum atomic E-state index is -0.587. The van der Waals surface area contributed by atoms with Crippen LogP contribution in [0.3, 0.4) is 0 Å². The van der Waals surface area contributed by atoms with Crippen molar-refractivity contribution in [2.24, 2.45) is 16.1 Å². The molecule has 0 aliphatic rings. The SMILES string of the molecule is Cc1ccccc1N=NCCC(C#N)C#N. The Bertz CT molecular complexity index is 437. The van der Waals surface area contributed by atoms with Gasteiger partial charge in [0.1, 0.15) is 5.92 Å². The van der Waals surface area contributed by atoms with E-state index in [-0.39, 0.29) is 0 Å². The lowest BCUT2D eigenvalue weighted by Crippen LogP contribution is -1.94. The summed E-state index contributed by atoms with van der Waals surface area (Å²) in [5.41, 5.74) is 1.89. The van der Waals surface area contributed by atoms with Gasteiger partial charge in [-0.1, -0.05) is 18.2 Å². The quantitative estimate of drug-likeness (QED) is 0.719. The Morgan fingerprint density at radius 1 is 1.25 bits per heavy atom. The van der Waals surface area contributed by atoms with Gasteiger partial charge in [0.25, 0.3) is 0 Å². The number of rotatable bonds is 4. The summed E-state index contributed by atoms with van der Waals surface area (Å²) < 4.78 is 0. The Hall–Kier alpha value is -2.20. The smallest absolute Gasteiger partial charge is 0.135 e. The molecule has 80 valence electrons. The van der Waals surface area contributed by atoms with E-state index in [1.165, 1.54) is 0 Å². The van der Waals surface area contributed by atoms with Crippen LogP contribution in [0.5, 0.6) is 0 Å². The fourth-order valence-corrected chi connectivity index (χ4v) is 1.15. The van der Waals surface area contributed by atoms with Crippen molar-refractivity contribution >= 4 is 5.69 Å². The topological polar surface area (TPSA) is 72.3 Å². The number of hydrogen-bond acceptors (Lipinski definition) is 4. The van der Waals surface area contributed by atoms with Crippen LogP contribution in [-0.2, 0) is 0 Å². The van der Waals surface area contributed by atoms with Crippen LogP contribution < -0.4 is 0 Å². The summed E-state index contributed by atoms with van der Waals surface area (Å²) in [6, 6.07) is 11.5. The van der Waals surface area contributed by atoms with Crippen LogP contribution in [0.25, 0.3) is 0 Å². The van der Waals surface area contributed by atoms with E-state index in [4.69, 9.17) is 10.5 Å². The second-order valence-electron chi connectivity index (χ2n) is 3.35. The molecule has 0 amide bonds. The molecular formula is C12H12N4. The molecule has 1 aromatic carbocycles. The van der Waals surface area contributed by atoms with E-state index >= 15 is 0 Å². The fraction of sp³-hybridized carbons (Fsp3) is 0.333. The van der Waals surface area contributed by atoms with E-state index < -0.39 is 5.92 Å². The van der Waals surface area contributed by atoms with Crippen molar-refractivity contribution in [2.45, 2.75) is 13.3 Å². The summed E-state index contributed by atoms with van der Waals surface area (Å²) in [7, 11) is 0. The molecule has 0 aromatic heterocycles. The highest BCUT2D eigenvalue weighted by atomic mass is 15.1. The highest BCUT2D eigenvalue weighted by Crippen LogP contribution is 2.17. The number of nitrogens with zero attached hydrogens (tertiary/aromatic N) is 4. The molecule has 1 rings (SSSR count). The van der Waals surface area contributed by atoms with E-state index in [0.717, 1.165) is 11.3 Å². The molecule has 0 bridgehead atoms. The highest BCUT2D eigenvalue weighted by molar-refractivity contribution is 5.43. The van der Waals surface area contributed by atoms with Crippen molar-refractivity contribution in [2.75, 3.05) is 6.54 Å². The predicted octanol–water partition coefficient (Wildman–Crippen LogP) is 3.13. The maximum atomic E-state index is 8.54. The van der Waals surface area contributed by atoms with E-state index in [2.05, 4.69) is 10.2 Å². The minimum Gasteiger partial charge on any atom is -0.197 e. The lowest BCUT2D eigenvalue weighted by atomic mass is 10.1. The van der Waals surface area contributed by atoms with Crippen molar-refractivity contribution in [3.8, 4) is 12.1 Å². The summed E-state index contributed by atoms with van der Waals surface area (Å²) in [6.07, 6.45) is 0.433. The zero-order valence-corrected chi connectivity index (χ0v) is 9.09. The van der Waals surface area contributed by atoms with Gasteiger partial charge >= 0.3 is 0 Å². The Kier molecular flexibility index (Phi) is 4.69. The molecule has 0 saturated heterocycles. The second kappa shape index (κ2) is 6.31. The first kappa shape index (κ1) is 11.9. The van der Waals surface area contributed by atoms with Crippen molar-refractivity contribution in [3.05, 3.63) is 29.8 Å². The van der Waals surface area contributed by atoms with Crippen LogP contribution in [0, 0.1) is 35.5 Å². The maximum absolute atomic E-state index is 8.54. The third kappa shape index (κ3) is 3.51. The molecule has 0 N–H and O–H groups in total. The molecule has 0 spiro atoms. The molecule has 0 unspecified atom stereocenters. The lowest BCUT2D eigenvalue weighted by Gasteiger charge is -1.97. The third-order valence-electron chi connectivity index (χ3n) is 2.12. The minimum absolute atomic E-state index is 0.403. The zero-order valence-electron chi connectivity index (χ0n) is 9.09. The molecule has 16 heavy (non-hydrogen) atoms. The van der Waals surface area contributed by atoms with Crippen LogP contribution >= 0.6 is 0 Å². The summed E-state index contributed by atoms with van der Waals surface area (Å²) in [5.74, 6) is -0.587. The molecule has 0 atom stereocenters. The lowest BCUT2D eigenvalue weighted by molar-refractivity contribution is 0.724. The molecule has 1 aromatic rings. The normalized spacial score (nSPS) is 10.2. The van der Waals surface area contributed by atoms with Gasteiger partial charge in [-0.25, -0.2) is 0 Å². The number of aryl methyl sites for hydroxylation is 1. The van der Waals surface area contributed by atoms with Crippen LogP contribution in [0.2, 0.25) is 0 Å². The zero-order chi connectivity index (χ0) is 11.8. The predicted molar refractivity (Wildman–Crippen MR) is 59.9 cm³/mol. The summed E-state index contributed by atoms with van der Waals surface area (Å²) in [4.78, 5) is 0. The maximum Gasteiger partial charge on any atom is 0.135 e. The fourth-order valence-electron chi connectivity index (χ4n) is 1.15. The number of azo groups is 1. The monoisotopic (exact) mass is 212 g/mol. The van der Waals surface area contributed by atoms with E-state index in [1.807, 2.05) is 43.3 Å². The molecule has 0 saturated carbocycles. The van der Waals surface area contributed by atoms with Gasteiger partial charge < -0.3 is 0 Å². The summed E-state index contributed by atoms with van der Waals surface area (Å²) in [6.45, 7) is 2.36. The van der Waals surface area contributed by atoms with Gasteiger partial charge in [-0.2, -0.15) is 20.8 Å². The number of hydrogen-bond donors (Lipinski definition) is 0. The standard InChI is InChI=1S/C12H12N4/c1-10-4-2-3-5-12(10)16-15-7-6-11(8-13)9-14/h2-5,11H,6-7H2,1H3. The van der Waals surface area contributed by atoms with Gasteiger partial charge in [-0.15, -0.1) is 0 Å². The molecule has 4 heteroatoms. The Balaban J connectivity index is 2.48. The van der Waals surface area contributed by atoms with Crippen LogP contribution in [-0.4, -0.2) is 6.54 Å². The molecule has 0 radical (unpaired) electrons. The Labute approximate surface area is 94.9 Å². The molecule has 4 nitrogen and oxygen atoms in total. The van der Waals surface area contributed by atoms with Gasteiger partial charge in [0, 0.05) is 0 Å². The van der Waals surface area contributed by atoms with Crippen LogP contribution in [0.4, 0.5) is 5.69 Å². The van der Waals surface area contributed by atoms with Crippen molar-refractivity contribution < 1.29 is 0 Å². The van der Waals surface area contributed by atoms with E-state index in [9.17, 15) is 0 Å². The van der Waals surface area contributed by atoms with E-state index in [0.29, 0.717) is 13.0 Å². The van der Waals surface area contributed by atoms with Gasteiger partial charge in [-0.05, 0) is 25.0 Å². The largest absolute Gasteiger partial charge is 0.197 e. The van der Waals surface area contributed by atoms with Crippen LogP contribution in [0.1, 0.15) is 12.0 Å². The molecular weight excluding hydrogens is 200 g/mol. The van der Waals surface area contributed by atoms with Crippen molar-refractivity contribution in [3.63, 3.8) is 0 Å². The van der Waals surface area contributed by atoms with Crippen molar-refractivity contribution in [1.82, 2.24) is 0 Å². The Morgan fingerprint density at radius 2 is 1.94 bits per heavy atom. The second-order valence-corrected chi connectivity index (χ2v) is 3.35. The third-order valence-corrected chi connectivity index (χ3v) is 2.12. The summed E-state index contributed by atoms with van der Waals surface area (Å²) in [5, 5.41) is 25.1. The first-order valence-corrected chi connectivity index (χ1v) is 5.00. The number of benzene rings is 1. The van der Waals surface area contributed by atoms with Gasteiger partial charge in [0.15, 0.2) is 0 Å². The van der Waals surface area contributed by atoms with E-state index in [1.54, 1.807) is 0 Å². The summed E-state index contributed by atoms with van der Waals surface area (Å²) >= 11 is 0. The number of nitriles is 2. The highest BCUT2D eigenvalue weighted by Gasteiger charge is 2.03. The first-order chi connectivity index (χ1) is 7.77. The molecule has 0 aliphatic carbocycles. The van der Waals surface area contributed by atoms with Crippen LogP contribution in [0.15, 0.2) is 34.5 Å². The van der Waals surface area contributed by atoms with Crippen molar-refractivity contribution in [1.29, 1.82) is 10.5 Å². The Morgan fingerprint density at radius 3 is 2.56 bits per heavy atom. The first-order valence-electron chi connectivity index (χ1n) is 5.00. The molecule has 0 fully saturated rings. The average molecular weight is 212 g/mol. The van der Waals surface area contributed by atoms with Gasteiger partial charge in [-0.3, -0.25) is 0 Å². The van der Waals surface area contributed by atoms with Gasteiger partial charge in [0.05, 0.1) is 24.4 Å². The molecule has 0 aliphatic heterocycles. The average Bonchev–Trinajstić information content (AvgIpc) is 2.31. The molecule has 0 heterocycles.